The lowest BCUT2D eigenvalue weighted by Gasteiger charge is -2.14. The molecule has 0 radical (unpaired) electrons. The van der Waals surface area contributed by atoms with Gasteiger partial charge in [0, 0.05) is 16.7 Å². The summed E-state index contributed by atoms with van der Waals surface area (Å²) in [6, 6.07) is 9.02. The smallest absolute Gasteiger partial charge is 0.266 e. The third-order valence-electron chi connectivity index (χ3n) is 5.03. The minimum Gasteiger partial charge on any atom is -0.493 e. The number of ether oxygens (including phenoxy) is 2. The number of thioether (sulfide) groups is 1. The first-order valence-corrected chi connectivity index (χ1v) is 11.9. The molecule has 0 spiro atoms. The Bertz CT molecular complexity index is 1120. The van der Waals surface area contributed by atoms with Crippen molar-refractivity contribution in [1.29, 1.82) is 0 Å². The monoisotopic (exact) mass is 534 g/mol. The third kappa shape index (κ3) is 5.33. The molecule has 0 atom stereocenters. The zero-order valence-corrected chi connectivity index (χ0v) is 21.4. The highest BCUT2D eigenvalue weighted by atomic mass is 79.9. The van der Waals surface area contributed by atoms with Crippen LogP contribution in [0.1, 0.15) is 23.6 Å². The summed E-state index contributed by atoms with van der Waals surface area (Å²) in [4.78, 5) is 26.9. The van der Waals surface area contributed by atoms with E-state index in [-0.39, 0.29) is 18.4 Å². The molecule has 0 bridgehead atoms. The van der Waals surface area contributed by atoms with Crippen LogP contribution in [0.4, 0.5) is 5.69 Å². The van der Waals surface area contributed by atoms with Crippen LogP contribution in [0.15, 0.2) is 39.7 Å². The van der Waals surface area contributed by atoms with Gasteiger partial charge >= 0.3 is 0 Å². The number of thiocarbonyl (C=S) groups is 1. The number of rotatable bonds is 7. The predicted octanol–water partition coefficient (Wildman–Crippen LogP) is 5.31. The van der Waals surface area contributed by atoms with Gasteiger partial charge in [0.25, 0.3) is 11.8 Å². The largest absolute Gasteiger partial charge is 0.493 e. The van der Waals surface area contributed by atoms with Gasteiger partial charge < -0.3 is 14.8 Å². The van der Waals surface area contributed by atoms with Crippen molar-refractivity contribution in [1.82, 2.24) is 4.90 Å². The molecule has 9 heteroatoms. The molecule has 1 aliphatic rings. The molecule has 1 N–H and O–H groups in total. The number of benzene rings is 2. The normalized spacial score (nSPS) is 14.8. The van der Waals surface area contributed by atoms with Crippen LogP contribution >= 0.6 is 39.9 Å². The van der Waals surface area contributed by atoms with E-state index in [2.05, 4.69) is 21.2 Å². The Morgan fingerprint density at radius 1 is 1.22 bits per heavy atom. The van der Waals surface area contributed by atoms with Crippen LogP contribution in [-0.4, -0.2) is 41.3 Å². The number of nitrogens with zero attached hydrogens (tertiary/aromatic N) is 1. The van der Waals surface area contributed by atoms with Crippen molar-refractivity contribution in [3.8, 4) is 11.5 Å². The highest BCUT2D eigenvalue weighted by Gasteiger charge is 2.30. The van der Waals surface area contributed by atoms with E-state index >= 15 is 0 Å². The number of amides is 2. The molecule has 0 saturated carbocycles. The van der Waals surface area contributed by atoms with Gasteiger partial charge in [0.15, 0.2) is 18.1 Å². The summed E-state index contributed by atoms with van der Waals surface area (Å²) in [6.07, 6.45) is 1.77. The van der Waals surface area contributed by atoms with Gasteiger partial charge in [0.1, 0.15) is 4.32 Å². The second-order valence-corrected chi connectivity index (χ2v) is 9.55. The van der Waals surface area contributed by atoms with E-state index in [1.54, 1.807) is 29.2 Å². The number of carbonyl (C=O) groups is 2. The van der Waals surface area contributed by atoms with Crippen LogP contribution < -0.4 is 14.8 Å². The highest BCUT2D eigenvalue weighted by molar-refractivity contribution is 9.10. The van der Waals surface area contributed by atoms with E-state index in [0.717, 1.165) is 26.9 Å². The van der Waals surface area contributed by atoms with Crippen LogP contribution in [0.3, 0.4) is 0 Å². The fraction of sp³-hybridized carbons (Fsp3) is 0.261. The van der Waals surface area contributed by atoms with Crippen LogP contribution in [0, 0.1) is 13.8 Å². The highest BCUT2D eigenvalue weighted by Crippen LogP contribution is 2.34. The van der Waals surface area contributed by atoms with E-state index < -0.39 is 0 Å². The van der Waals surface area contributed by atoms with E-state index in [1.807, 2.05) is 32.9 Å². The number of methoxy groups -OCH3 is 1. The second kappa shape index (κ2) is 10.5. The Morgan fingerprint density at radius 3 is 2.62 bits per heavy atom. The number of hydrogen-bond donors (Lipinski definition) is 1. The maximum Gasteiger partial charge on any atom is 0.266 e. The van der Waals surface area contributed by atoms with Crippen LogP contribution in [0.25, 0.3) is 6.08 Å². The minimum absolute atomic E-state index is 0.100. The van der Waals surface area contributed by atoms with Crippen molar-refractivity contribution in [2.24, 2.45) is 0 Å². The van der Waals surface area contributed by atoms with E-state index in [4.69, 9.17) is 21.7 Å². The molecule has 168 valence electrons. The lowest BCUT2D eigenvalue weighted by Crippen LogP contribution is -2.27. The average molecular weight is 535 g/mol. The van der Waals surface area contributed by atoms with Gasteiger partial charge in [-0.1, -0.05) is 46.0 Å². The van der Waals surface area contributed by atoms with Crippen LogP contribution in [0.5, 0.6) is 11.5 Å². The van der Waals surface area contributed by atoms with Crippen molar-refractivity contribution in [3.63, 3.8) is 0 Å². The summed E-state index contributed by atoms with van der Waals surface area (Å²) < 4.78 is 12.7. The molecule has 32 heavy (non-hydrogen) atoms. The number of carbonyl (C=O) groups excluding carboxylic acids is 2. The Hall–Kier alpha value is -2.36. The standard InChI is InChI=1S/C23H23BrN2O4S2/c1-5-26-22(28)20(32-23(26)31)11-15-6-9-18(19(10-15)29-4)30-12-21(27)25-17-8-7-16(24)13(2)14(17)3/h6-11H,5,12H2,1-4H3,(H,25,27)/b20-11-. The van der Waals surface area contributed by atoms with Crippen LogP contribution in [-0.2, 0) is 9.59 Å². The molecule has 0 aliphatic carbocycles. The number of halogens is 1. The van der Waals surface area contributed by atoms with Crippen molar-refractivity contribution in [3.05, 3.63) is 56.4 Å². The molecule has 1 saturated heterocycles. The van der Waals surface area contributed by atoms with Gasteiger partial charge in [0.2, 0.25) is 0 Å². The first-order chi connectivity index (χ1) is 15.2. The lowest BCUT2D eigenvalue weighted by molar-refractivity contribution is -0.122. The van der Waals surface area contributed by atoms with Gasteiger partial charge in [-0.25, -0.2) is 0 Å². The van der Waals surface area contributed by atoms with Gasteiger partial charge in [-0.15, -0.1) is 0 Å². The molecule has 0 unspecified atom stereocenters. The molecule has 1 aliphatic heterocycles. The zero-order valence-electron chi connectivity index (χ0n) is 18.2. The lowest BCUT2D eigenvalue weighted by atomic mass is 10.1. The fourth-order valence-corrected chi connectivity index (χ4v) is 4.88. The SMILES string of the molecule is CCN1C(=O)/C(=C/c2ccc(OCC(=O)Nc3ccc(Br)c(C)c3C)c(OC)c2)SC1=S. The van der Waals surface area contributed by atoms with Crippen molar-refractivity contribution < 1.29 is 19.1 Å². The average Bonchev–Trinajstić information content (AvgIpc) is 3.05. The third-order valence-corrected chi connectivity index (χ3v) is 7.27. The zero-order chi connectivity index (χ0) is 23.4. The fourth-order valence-electron chi connectivity index (χ4n) is 3.07. The van der Waals surface area contributed by atoms with Crippen LogP contribution in [0.2, 0.25) is 0 Å². The predicted molar refractivity (Wildman–Crippen MR) is 136 cm³/mol. The summed E-state index contributed by atoms with van der Waals surface area (Å²) >= 11 is 10.0. The molecular weight excluding hydrogens is 512 g/mol. The summed E-state index contributed by atoms with van der Waals surface area (Å²) in [7, 11) is 1.52. The van der Waals surface area contributed by atoms with Gasteiger partial charge in [-0.3, -0.25) is 14.5 Å². The molecule has 6 nitrogen and oxygen atoms in total. The molecule has 2 aromatic carbocycles. The van der Waals surface area contributed by atoms with Crippen molar-refractivity contribution >= 4 is 67.8 Å². The Labute approximate surface area is 205 Å². The van der Waals surface area contributed by atoms with Gasteiger partial charge in [-0.05, 0) is 67.8 Å². The van der Waals surface area contributed by atoms with E-state index in [9.17, 15) is 9.59 Å². The Balaban J connectivity index is 1.69. The molecular formula is C23H23BrN2O4S2. The molecule has 2 amide bonds. The minimum atomic E-state index is -0.274. The molecule has 3 rings (SSSR count). The van der Waals surface area contributed by atoms with E-state index in [1.165, 1.54) is 18.9 Å². The Kier molecular flexibility index (Phi) is 7.97. The number of anilines is 1. The summed E-state index contributed by atoms with van der Waals surface area (Å²) in [5, 5.41) is 2.87. The first-order valence-electron chi connectivity index (χ1n) is 9.86. The quantitative estimate of drug-likeness (QED) is 0.383. The molecule has 2 aromatic rings. The number of nitrogens with one attached hydrogen (secondary N) is 1. The molecule has 1 heterocycles. The number of hydrogen-bond acceptors (Lipinski definition) is 6. The molecule has 0 aromatic heterocycles. The Morgan fingerprint density at radius 2 is 1.97 bits per heavy atom. The first kappa shape index (κ1) is 24.3. The summed E-state index contributed by atoms with van der Waals surface area (Å²) in [5.74, 6) is 0.527. The maximum atomic E-state index is 12.4. The maximum absolute atomic E-state index is 12.4. The van der Waals surface area contributed by atoms with Crippen molar-refractivity contribution in [2.45, 2.75) is 20.8 Å². The van der Waals surface area contributed by atoms with Crippen molar-refractivity contribution in [2.75, 3.05) is 25.6 Å². The summed E-state index contributed by atoms with van der Waals surface area (Å²) in [5.41, 5.74) is 3.57. The number of likely N-dealkylation sites (N-methyl/N-ethyl adjacent to an activating group) is 1. The molecule has 1 fully saturated rings. The second-order valence-electron chi connectivity index (χ2n) is 7.02. The van der Waals surface area contributed by atoms with Gasteiger partial charge in [0.05, 0.1) is 12.0 Å². The topological polar surface area (TPSA) is 67.9 Å². The van der Waals surface area contributed by atoms with E-state index in [0.29, 0.717) is 27.3 Å². The summed E-state index contributed by atoms with van der Waals surface area (Å²) in [6.45, 7) is 6.20. The van der Waals surface area contributed by atoms with Gasteiger partial charge in [-0.2, -0.15) is 0 Å².